The average Bonchev–Trinajstić information content (AvgIpc) is 2.90. The highest BCUT2D eigenvalue weighted by Crippen LogP contribution is 2.14. The number of amides is 1. The van der Waals surface area contributed by atoms with Crippen LogP contribution in [-0.2, 0) is 11.3 Å². The highest BCUT2D eigenvalue weighted by Gasteiger charge is 2.27. The first-order valence-electron chi connectivity index (χ1n) is 6.73. The van der Waals surface area contributed by atoms with E-state index in [0.717, 1.165) is 5.56 Å². The molecule has 1 amide bonds. The summed E-state index contributed by atoms with van der Waals surface area (Å²) >= 11 is 0. The Bertz CT molecular complexity index is 485. The van der Waals surface area contributed by atoms with Gasteiger partial charge in [-0.25, -0.2) is 8.78 Å². The number of benzene rings is 1. The number of alkyl halides is 2. The van der Waals surface area contributed by atoms with Crippen molar-refractivity contribution in [1.82, 2.24) is 10.6 Å². The highest BCUT2D eigenvalue weighted by molar-refractivity contribution is 5.82. The number of hydrogen-bond acceptors (Lipinski definition) is 4. The minimum absolute atomic E-state index is 0.189. The third kappa shape index (κ3) is 4.95. The summed E-state index contributed by atoms with van der Waals surface area (Å²) in [7, 11) is 0. The molecule has 1 aromatic carbocycles. The fourth-order valence-electron chi connectivity index (χ4n) is 2.13. The Balaban J connectivity index is 1.82. The summed E-state index contributed by atoms with van der Waals surface area (Å²) in [6.07, 6.45) is -2.62. The van der Waals surface area contributed by atoms with E-state index in [1.165, 1.54) is 0 Å². The van der Waals surface area contributed by atoms with E-state index in [9.17, 15) is 18.7 Å². The van der Waals surface area contributed by atoms with Crippen LogP contribution in [0.3, 0.4) is 0 Å². The molecule has 0 aromatic heterocycles. The molecule has 2 rings (SSSR count). The van der Waals surface area contributed by atoms with Crippen LogP contribution in [0, 0.1) is 0 Å². The van der Waals surface area contributed by atoms with E-state index in [0.29, 0.717) is 18.7 Å². The number of aliphatic hydroxyl groups excluding tert-OH is 1. The Morgan fingerprint density at radius 1 is 1.52 bits per heavy atom. The maximum atomic E-state index is 12.1. The third-order valence-corrected chi connectivity index (χ3v) is 3.17. The zero-order valence-corrected chi connectivity index (χ0v) is 11.4. The second-order valence-electron chi connectivity index (χ2n) is 4.92. The van der Waals surface area contributed by atoms with E-state index in [1.54, 1.807) is 24.3 Å². The molecule has 0 radical (unpaired) electrons. The van der Waals surface area contributed by atoms with Gasteiger partial charge in [0.25, 0.3) is 6.43 Å². The third-order valence-electron chi connectivity index (χ3n) is 3.17. The number of halogens is 2. The molecule has 2 atom stereocenters. The number of rotatable bonds is 6. The van der Waals surface area contributed by atoms with Crippen molar-refractivity contribution in [3.63, 3.8) is 0 Å². The summed E-state index contributed by atoms with van der Waals surface area (Å²) in [5.74, 6) is 0.155. The van der Waals surface area contributed by atoms with Crippen molar-refractivity contribution < 1.29 is 23.4 Å². The number of nitrogens with one attached hydrogen (secondary N) is 2. The predicted molar refractivity (Wildman–Crippen MR) is 72.2 cm³/mol. The number of carbonyl (C=O) groups is 1. The molecular formula is C14H18F2N2O3. The summed E-state index contributed by atoms with van der Waals surface area (Å²) in [5, 5.41) is 15.0. The maximum absolute atomic E-state index is 12.1. The van der Waals surface area contributed by atoms with Gasteiger partial charge in [-0.05, 0) is 24.1 Å². The SMILES string of the molecule is O=C(NCc1cccc(OCC(F)F)c1)C1CC(O)CN1. The van der Waals surface area contributed by atoms with Crippen LogP contribution in [0.5, 0.6) is 5.75 Å². The first kappa shape index (κ1) is 15.7. The molecule has 0 spiro atoms. The van der Waals surface area contributed by atoms with Gasteiger partial charge in [-0.3, -0.25) is 4.79 Å². The van der Waals surface area contributed by atoms with E-state index in [4.69, 9.17) is 4.74 Å². The standard InChI is InChI=1S/C14H18F2N2O3/c15-13(16)8-21-11-3-1-2-9(4-11)6-18-14(20)12-5-10(19)7-17-12/h1-4,10,12-13,17,19H,5-8H2,(H,18,20). The van der Waals surface area contributed by atoms with Crippen LogP contribution in [0.25, 0.3) is 0 Å². The van der Waals surface area contributed by atoms with Crippen LogP contribution >= 0.6 is 0 Å². The lowest BCUT2D eigenvalue weighted by molar-refractivity contribution is -0.123. The van der Waals surface area contributed by atoms with Gasteiger partial charge in [0.2, 0.25) is 5.91 Å². The van der Waals surface area contributed by atoms with Crippen LogP contribution in [-0.4, -0.2) is 42.7 Å². The monoisotopic (exact) mass is 300 g/mol. The first-order chi connectivity index (χ1) is 10.0. The molecule has 5 nitrogen and oxygen atoms in total. The zero-order chi connectivity index (χ0) is 15.2. The van der Waals surface area contributed by atoms with Gasteiger partial charge in [-0.1, -0.05) is 12.1 Å². The zero-order valence-electron chi connectivity index (χ0n) is 11.4. The van der Waals surface area contributed by atoms with Gasteiger partial charge in [-0.15, -0.1) is 0 Å². The molecule has 1 aromatic rings. The second kappa shape index (κ2) is 7.33. The fraction of sp³-hybridized carbons (Fsp3) is 0.500. The number of aliphatic hydroxyl groups is 1. The number of carbonyl (C=O) groups excluding carboxylic acids is 1. The van der Waals surface area contributed by atoms with E-state index in [-0.39, 0.29) is 12.5 Å². The summed E-state index contributed by atoms with van der Waals surface area (Å²) in [4.78, 5) is 11.8. The molecule has 1 aliphatic heterocycles. The van der Waals surface area contributed by atoms with Crippen LogP contribution in [0.1, 0.15) is 12.0 Å². The van der Waals surface area contributed by atoms with Gasteiger partial charge < -0.3 is 20.5 Å². The van der Waals surface area contributed by atoms with Crippen molar-refractivity contribution in [3.8, 4) is 5.75 Å². The predicted octanol–water partition coefficient (Wildman–Crippen LogP) is 0.669. The van der Waals surface area contributed by atoms with Crippen molar-refractivity contribution in [2.45, 2.75) is 31.5 Å². The van der Waals surface area contributed by atoms with Crippen molar-refractivity contribution in [2.24, 2.45) is 0 Å². The number of hydrogen-bond donors (Lipinski definition) is 3. The minimum atomic E-state index is -2.52. The van der Waals surface area contributed by atoms with Crippen molar-refractivity contribution in [1.29, 1.82) is 0 Å². The summed E-state index contributed by atoms with van der Waals surface area (Å²) < 4.78 is 29.1. The van der Waals surface area contributed by atoms with Gasteiger partial charge in [0.15, 0.2) is 0 Å². The second-order valence-corrected chi connectivity index (χ2v) is 4.92. The lowest BCUT2D eigenvalue weighted by Gasteiger charge is -2.12. The van der Waals surface area contributed by atoms with Crippen molar-refractivity contribution >= 4 is 5.91 Å². The topological polar surface area (TPSA) is 70.6 Å². The Kier molecular flexibility index (Phi) is 5.46. The number of ether oxygens (including phenoxy) is 1. The van der Waals surface area contributed by atoms with Gasteiger partial charge >= 0.3 is 0 Å². The first-order valence-corrected chi connectivity index (χ1v) is 6.73. The molecule has 0 bridgehead atoms. The molecule has 2 unspecified atom stereocenters. The molecule has 21 heavy (non-hydrogen) atoms. The molecule has 1 heterocycles. The minimum Gasteiger partial charge on any atom is -0.488 e. The molecule has 1 saturated heterocycles. The van der Waals surface area contributed by atoms with Crippen molar-refractivity contribution in [3.05, 3.63) is 29.8 Å². The molecular weight excluding hydrogens is 282 g/mol. The molecule has 1 aliphatic rings. The molecule has 116 valence electrons. The Morgan fingerprint density at radius 3 is 3.00 bits per heavy atom. The Labute approximate surface area is 121 Å². The number of β-amino-alcohol motifs (C(OH)–C–C–N with tert-alkyl or cyclic N) is 1. The van der Waals surface area contributed by atoms with E-state index in [1.807, 2.05) is 0 Å². The lowest BCUT2D eigenvalue weighted by Crippen LogP contribution is -2.39. The normalized spacial score (nSPS) is 21.5. The summed E-state index contributed by atoms with van der Waals surface area (Å²) in [6.45, 7) is 0.0354. The van der Waals surface area contributed by atoms with Gasteiger partial charge in [0, 0.05) is 13.1 Å². The van der Waals surface area contributed by atoms with E-state index >= 15 is 0 Å². The lowest BCUT2D eigenvalue weighted by atomic mass is 10.1. The molecule has 3 N–H and O–H groups in total. The molecule has 0 saturated carbocycles. The quantitative estimate of drug-likeness (QED) is 0.722. The van der Waals surface area contributed by atoms with Gasteiger partial charge in [-0.2, -0.15) is 0 Å². The summed E-state index contributed by atoms with van der Waals surface area (Å²) in [6, 6.07) is 6.26. The van der Waals surface area contributed by atoms with Crippen LogP contribution < -0.4 is 15.4 Å². The van der Waals surface area contributed by atoms with Crippen LogP contribution in [0.2, 0.25) is 0 Å². The van der Waals surface area contributed by atoms with E-state index < -0.39 is 25.2 Å². The fourth-order valence-corrected chi connectivity index (χ4v) is 2.13. The highest BCUT2D eigenvalue weighted by atomic mass is 19.3. The van der Waals surface area contributed by atoms with Crippen LogP contribution in [0.4, 0.5) is 8.78 Å². The van der Waals surface area contributed by atoms with Crippen molar-refractivity contribution in [2.75, 3.05) is 13.2 Å². The van der Waals surface area contributed by atoms with Gasteiger partial charge in [0.1, 0.15) is 12.4 Å². The maximum Gasteiger partial charge on any atom is 0.272 e. The summed E-state index contributed by atoms with van der Waals surface area (Å²) in [5.41, 5.74) is 0.758. The average molecular weight is 300 g/mol. The Morgan fingerprint density at radius 2 is 2.33 bits per heavy atom. The van der Waals surface area contributed by atoms with Gasteiger partial charge in [0.05, 0.1) is 12.1 Å². The molecule has 7 heteroatoms. The molecule has 0 aliphatic carbocycles. The van der Waals surface area contributed by atoms with Crippen LogP contribution in [0.15, 0.2) is 24.3 Å². The largest absolute Gasteiger partial charge is 0.488 e. The molecule has 1 fully saturated rings. The Hall–Kier alpha value is -1.73. The van der Waals surface area contributed by atoms with E-state index in [2.05, 4.69) is 10.6 Å². The smallest absolute Gasteiger partial charge is 0.272 e.